The zero-order chi connectivity index (χ0) is 19.4. The molecule has 0 saturated carbocycles. The molecule has 0 atom stereocenters. The summed E-state index contributed by atoms with van der Waals surface area (Å²) >= 11 is 1.27. The minimum absolute atomic E-state index is 0.343. The molecule has 7 nitrogen and oxygen atoms in total. The van der Waals surface area contributed by atoms with Crippen LogP contribution in [-0.4, -0.2) is 35.6 Å². The Kier molecular flexibility index (Phi) is 5.66. The third-order valence-corrected chi connectivity index (χ3v) is 5.10. The van der Waals surface area contributed by atoms with E-state index < -0.39 is 5.97 Å². The van der Waals surface area contributed by atoms with Gasteiger partial charge in [-0.1, -0.05) is 6.92 Å². The van der Waals surface area contributed by atoms with Gasteiger partial charge in [-0.2, -0.15) is 0 Å². The van der Waals surface area contributed by atoms with Crippen molar-refractivity contribution in [2.45, 2.75) is 20.3 Å². The minimum Gasteiger partial charge on any atom is -0.465 e. The van der Waals surface area contributed by atoms with Gasteiger partial charge in [0.2, 0.25) is 0 Å². The lowest BCUT2D eigenvalue weighted by molar-refractivity contribution is 0.0504. The molecular formula is C19H19N3O4S. The predicted molar refractivity (Wildman–Crippen MR) is 104 cm³/mol. The molecule has 1 aromatic carbocycles. The van der Waals surface area contributed by atoms with Crippen LogP contribution in [0.3, 0.4) is 0 Å². The molecule has 0 saturated heterocycles. The number of carbonyl (C=O) groups excluding carboxylic acids is 2. The summed E-state index contributed by atoms with van der Waals surface area (Å²) in [5, 5.41) is 3.99. The van der Waals surface area contributed by atoms with E-state index in [9.17, 15) is 9.59 Å². The summed E-state index contributed by atoms with van der Waals surface area (Å²) in [4.78, 5) is 33.6. The number of ether oxygens (including phenoxy) is 2. The SMILES string of the molecule is CCCOC(=O)c1ccc(Nc2ncnc3sc(C(=O)OC)c(C)c23)cc1. The van der Waals surface area contributed by atoms with E-state index in [2.05, 4.69) is 15.3 Å². The Morgan fingerprint density at radius 2 is 1.89 bits per heavy atom. The zero-order valence-electron chi connectivity index (χ0n) is 15.2. The summed E-state index contributed by atoms with van der Waals surface area (Å²) in [6.45, 7) is 4.19. The second-order valence-electron chi connectivity index (χ2n) is 5.79. The van der Waals surface area contributed by atoms with Crippen molar-refractivity contribution in [2.24, 2.45) is 0 Å². The number of aryl methyl sites for hydroxylation is 1. The maximum absolute atomic E-state index is 11.9. The topological polar surface area (TPSA) is 90.4 Å². The van der Waals surface area contributed by atoms with Gasteiger partial charge in [-0.3, -0.25) is 0 Å². The molecule has 0 aliphatic heterocycles. The number of nitrogens with zero attached hydrogens (tertiary/aromatic N) is 2. The Morgan fingerprint density at radius 3 is 2.56 bits per heavy atom. The van der Waals surface area contributed by atoms with Crippen molar-refractivity contribution in [1.82, 2.24) is 9.97 Å². The number of fused-ring (bicyclic) bond motifs is 1. The van der Waals surface area contributed by atoms with E-state index in [0.29, 0.717) is 27.7 Å². The molecule has 2 aromatic heterocycles. The smallest absolute Gasteiger partial charge is 0.348 e. The first-order chi connectivity index (χ1) is 13.0. The number of hydrogen-bond acceptors (Lipinski definition) is 8. The average molecular weight is 385 g/mol. The fraction of sp³-hybridized carbons (Fsp3) is 0.263. The fourth-order valence-corrected chi connectivity index (χ4v) is 3.63. The average Bonchev–Trinajstić information content (AvgIpc) is 3.03. The van der Waals surface area contributed by atoms with Gasteiger partial charge >= 0.3 is 11.9 Å². The number of thiophene rings is 1. The van der Waals surface area contributed by atoms with E-state index in [0.717, 1.165) is 23.1 Å². The normalized spacial score (nSPS) is 10.6. The fourth-order valence-electron chi connectivity index (χ4n) is 2.56. The van der Waals surface area contributed by atoms with Gasteiger partial charge in [-0.05, 0) is 43.2 Å². The molecule has 8 heteroatoms. The minimum atomic E-state index is -0.392. The van der Waals surface area contributed by atoms with Gasteiger partial charge in [0, 0.05) is 5.69 Å². The number of anilines is 2. The summed E-state index contributed by atoms with van der Waals surface area (Å²) in [6, 6.07) is 6.94. The van der Waals surface area contributed by atoms with E-state index in [1.54, 1.807) is 24.3 Å². The molecule has 0 aliphatic carbocycles. The number of carbonyl (C=O) groups is 2. The molecule has 3 aromatic rings. The molecular weight excluding hydrogens is 366 g/mol. The lowest BCUT2D eigenvalue weighted by Gasteiger charge is -2.08. The highest BCUT2D eigenvalue weighted by molar-refractivity contribution is 7.20. The van der Waals surface area contributed by atoms with Crippen molar-refractivity contribution < 1.29 is 19.1 Å². The van der Waals surface area contributed by atoms with E-state index in [4.69, 9.17) is 9.47 Å². The molecule has 0 unspecified atom stereocenters. The Balaban J connectivity index is 1.87. The molecule has 140 valence electrons. The summed E-state index contributed by atoms with van der Waals surface area (Å²) in [6.07, 6.45) is 2.22. The second kappa shape index (κ2) is 8.13. The maximum atomic E-state index is 11.9. The quantitative estimate of drug-likeness (QED) is 0.639. The van der Waals surface area contributed by atoms with Crippen molar-refractivity contribution in [3.63, 3.8) is 0 Å². The standard InChI is InChI=1S/C19H19N3O4S/c1-4-9-26-18(23)12-5-7-13(8-6-12)22-16-14-11(2)15(19(24)25-3)27-17(14)21-10-20-16/h5-8,10H,4,9H2,1-3H3,(H,20,21,22). The van der Waals surface area contributed by atoms with Crippen LogP contribution in [0.5, 0.6) is 0 Å². The van der Waals surface area contributed by atoms with Crippen molar-refractivity contribution >= 4 is 45.0 Å². The van der Waals surface area contributed by atoms with E-state index in [1.165, 1.54) is 24.8 Å². The summed E-state index contributed by atoms with van der Waals surface area (Å²) in [5.41, 5.74) is 2.01. The van der Waals surface area contributed by atoms with Gasteiger partial charge in [0.05, 0.1) is 24.7 Å². The van der Waals surface area contributed by atoms with Gasteiger partial charge in [-0.15, -0.1) is 11.3 Å². The van der Waals surface area contributed by atoms with Crippen molar-refractivity contribution in [3.8, 4) is 0 Å². The number of rotatable bonds is 6. The summed E-state index contributed by atoms with van der Waals surface area (Å²) in [5.74, 6) is -0.147. The highest BCUT2D eigenvalue weighted by Crippen LogP contribution is 2.34. The molecule has 0 radical (unpaired) electrons. The van der Waals surface area contributed by atoms with Gasteiger partial charge in [0.25, 0.3) is 0 Å². The van der Waals surface area contributed by atoms with Crippen LogP contribution >= 0.6 is 11.3 Å². The summed E-state index contributed by atoms with van der Waals surface area (Å²) in [7, 11) is 1.35. The molecule has 0 spiro atoms. The molecule has 0 bridgehead atoms. The first-order valence-corrected chi connectivity index (χ1v) is 9.23. The number of hydrogen-bond donors (Lipinski definition) is 1. The molecule has 0 fully saturated rings. The second-order valence-corrected chi connectivity index (χ2v) is 6.79. The van der Waals surface area contributed by atoms with Crippen LogP contribution < -0.4 is 5.32 Å². The summed E-state index contributed by atoms with van der Waals surface area (Å²) < 4.78 is 9.95. The molecule has 0 amide bonds. The highest BCUT2D eigenvalue weighted by atomic mass is 32.1. The highest BCUT2D eigenvalue weighted by Gasteiger charge is 2.19. The van der Waals surface area contributed by atoms with Gasteiger partial charge in [0.15, 0.2) is 0 Å². The van der Waals surface area contributed by atoms with E-state index >= 15 is 0 Å². The van der Waals surface area contributed by atoms with Crippen molar-refractivity contribution in [2.75, 3.05) is 19.0 Å². The number of aromatic nitrogens is 2. The van der Waals surface area contributed by atoms with Crippen molar-refractivity contribution in [3.05, 3.63) is 46.6 Å². The zero-order valence-corrected chi connectivity index (χ0v) is 16.1. The van der Waals surface area contributed by atoms with Crippen LogP contribution in [0.15, 0.2) is 30.6 Å². The van der Waals surface area contributed by atoms with Crippen molar-refractivity contribution in [1.29, 1.82) is 0 Å². The van der Waals surface area contributed by atoms with Crippen LogP contribution in [0.25, 0.3) is 10.2 Å². The number of nitrogens with one attached hydrogen (secondary N) is 1. The first-order valence-electron chi connectivity index (χ1n) is 8.41. The predicted octanol–water partition coefficient (Wildman–Crippen LogP) is 4.10. The number of esters is 2. The largest absolute Gasteiger partial charge is 0.465 e. The van der Waals surface area contributed by atoms with Crippen LogP contribution in [0.4, 0.5) is 11.5 Å². The number of benzene rings is 1. The molecule has 0 aliphatic rings. The molecule has 1 N–H and O–H groups in total. The third-order valence-electron chi connectivity index (χ3n) is 3.92. The van der Waals surface area contributed by atoms with Gasteiger partial charge in [-0.25, -0.2) is 19.6 Å². The Labute approximate surface area is 160 Å². The number of methoxy groups -OCH3 is 1. The molecule has 3 rings (SSSR count). The van der Waals surface area contributed by atoms with Gasteiger partial charge in [0.1, 0.15) is 21.9 Å². The third kappa shape index (κ3) is 3.90. The van der Waals surface area contributed by atoms with Crippen LogP contribution in [0.1, 0.15) is 38.9 Å². The molecule has 27 heavy (non-hydrogen) atoms. The van der Waals surface area contributed by atoms with Crippen LogP contribution in [0, 0.1) is 6.92 Å². The monoisotopic (exact) mass is 385 g/mol. The Hall–Kier alpha value is -3.00. The lowest BCUT2D eigenvalue weighted by atomic mass is 10.2. The van der Waals surface area contributed by atoms with Crippen LogP contribution in [0.2, 0.25) is 0 Å². The Morgan fingerprint density at radius 1 is 1.15 bits per heavy atom. The lowest BCUT2D eigenvalue weighted by Crippen LogP contribution is -2.05. The maximum Gasteiger partial charge on any atom is 0.348 e. The van der Waals surface area contributed by atoms with E-state index in [1.807, 2.05) is 13.8 Å². The van der Waals surface area contributed by atoms with Crippen LogP contribution in [-0.2, 0) is 9.47 Å². The Bertz CT molecular complexity index is 983. The van der Waals surface area contributed by atoms with Gasteiger partial charge < -0.3 is 14.8 Å². The first kappa shape index (κ1) is 18.8. The molecule has 2 heterocycles. The van der Waals surface area contributed by atoms with E-state index in [-0.39, 0.29) is 5.97 Å².